The van der Waals surface area contributed by atoms with Gasteiger partial charge in [-0.3, -0.25) is 24.7 Å². The van der Waals surface area contributed by atoms with Crippen molar-refractivity contribution in [2.75, 3.05) is 31.6 Å². The van der Waals surface area contributed by atoms with Crippen molar-refractivity contribution in [3.63, 3.8) is 0 Å². The molecule has 1 N–H and O–H groups in total. The number of carbonyl (C=O) groups is 3. The number of fused-ring (bicyclic) bond motifs is 3. The zero-order chi connectivity index (χ0) is 23.3. The number of Topliss-reactive ketones (excluding diaryl/α,β-unsaturated/α-hetero) is 1. The van der Waals surface area contributed by atoms with Crippen LogP contribution in [0.3, 0.4) is 0 Å². The minimum Gasteiger partial charge on any atom is -0.343 e. The summed E-state index contributed by atoms with van der Waals surface area (Å²) < 4.78 is 0. The number of nitrogens with zero attached hydrogens (tertiary/aromatic N) is 4. The number of aryl methyl sites for hydroxylation is 2. The lowest BCUT2D eigenvalue weighted by molar-refractivity contribution is -0.138. The molecule has 0 aliphatic carbocycles. The van der Waals surface area contributed by atoms with Gasteiger partial charge in [-0.2, -0.15) is 0 Å². The summed E-state index contributed by atoms with van der Waals surface area (Å²) in [6.07, 6.45) is 0.271. The normalized spacial score (nSPS) is 25.3. The standard InChI is InChI=1S/C25H29N5O3/c1-16-10-11-19(14-17(16)2)28-12-7-13-29-21-22(26-24(28)29)27(3)25(33)30(23(21)32)15-20(31)18-8-5-4-6-9-18/h4-6,8-11,14,21-22,24,26H,7,12-13,15H2,1-3H3. The number of rotatable bonds is 4. The van der Waals surface area contributed by atoms with Crippen LogP contribution in [0.25, 0.3) is 0 Å². The van der Waals surface area contributed by atoms with Crippen molar-refractivity contribution in [1.29, 1.82) is 0 Å². The quantitative estimate of drug-likeness (QED) is 0.724. The molecule has 3 aliphatic heterocycles. The summed E-state index contributed by atoms with van der Waals surface area (Å²) in [5, 5.41) is 3.52. The predicted octanol–water partition coefficient (Wildman–Crippen LogP) is 2.17. The SMILES string of the molecule is Cc1ccc(N2CCCN3C4C(=O)N(CC(=O)c5ccccc5)C(=O)N(C)C4NC23)cc1C. The summed E-state index contributed by atoms with van der Waals surface area (Å²) in [5.74, 6) is -0.564. The van der Waals surface area contributed by atoms with Crippen LogP contribution in [0.2, 0.25) is 0 Å². The highest BCUT2D eigenvalue weighted by Crippen LogP contribution is 2.33. The number of carbonyl (C=O) groups excluding carboxylic acids is 3. The molecule has 3 amide bonds. The highest BCUT2D eigenvalue weighted by Gasteiger charge is 2.56. The van der Waals surface area contributed by atoms with Gasteiger partial charge in [-0.15, -0.1) is 0 Å². The molecule has 8 nitrogen and oxygen atoms in total. The summed E-state index contributed by atoms with van der Waals surface area (Å²) in [7, 11) is 1.69. The minimum atomic E-state index is -0.532. The van der Waals surface area contributed by atoms with Gasteiger partial charge in [0.05, 0.1) is 6.54 Å². The monoisotopic (exact) mass is 447 g/mol. The summed E-state index contributed by atoms with van der Waals surface area (Å²) in [6, 6.07) is 14.2. The Labute approximate surface area is 193 Å². The predicted molar refractivity (Wildman–Crippen MR) is 125 cm³/mol. The Kier molecular flexibility index (Phi) is 5.42. The Morgan fingerprint density at radius 3 is 2.52 bits per heavy atom. The third-order valence-corrected chi connectivity index (χ3v) is 7.09. The molecule has 0 bridgehead atoms. The van der Waals surface area contributed by atoms with E-state index in [1.807, 2.05) is 6.07 Å². The van der Waals surface area contributed by atoms with Crippen LogP contribution in [-0.4, -0.2) is 77.6 Å². The molecule has 2 aromatic rings. The van der Waals surface area contributed by atoms with Crippen LogP contribution in [0.5, 0.6) is 0 Å². The van der Waals surface area contributed by atoms with Crippen molar-refractivity contribution >= 4 is 23.4 Å². The van der Waals surface area contributed by atoms with E-state index in [4.69, 9.17) is 0 Å². The van der Waals surface area contributed by atoms with E-state index in [1.54, 1.807) is 36.2 Å². The Balaban J connectivity index is 1.41. The Bertz CT molecular complexity index is 1100. The summed E-state index contributed by atoms with van der Waals surface area (Å²) in [5.41, 5.74) is 4.04. The first-order valence-electron chi connectivity index (χ1n) is 11.4. The van der Waals surface area contributed by atoms with E-state index in [2.05, 4.69) is 47.2 Å². The molecule has 3 saturated heterocycles. The second-order valence-corrected chi connectivity index (χ2v) is 9.09. The van der Waals surface area contributed by atoms with Crippen LogP contribution in [0.15, 0.2) is 48.5 Å². The Morgan fingerprint density at radius 1 is 1.03 bits per heavy atom. The highest BCUT2D eigenvalue weighted by atomic mass is 16.2. The number of anilines is 1. The van der Waals surface area contributed by atoms with Crippen molar-refractivity contribution in [2.24, 2.45) is 0 Å². The lowest BCUT2D eigenvalue weighted by Crippen LogP contribution is -2.66. The van der Waals surface area contributed by atoms with Crippen LogP contribution in [-0.2, 0) is 4.79 Å². The van der Waals surface area contributed by atoms with E-state index in [1.165, 1.54) is 11.1 Å². The molecule has 0 spiro atoms. The van der Waals surface area contributed by atoms with E-state index in [0.29, 0.717) is 5.56 Å². The number of imide groups is 1. The largest absolute Gasteiger partial charge is 0.343 e. The second kappa shape index (κ2) is 8.28. The van der Waals surface area contributed by atoms with Gasteiger partial charge in [-0.25, -0.2) is 4.79 Å². The number of urea groups is 1. The number of ketones is 1. The van der Waals surface area contributed by atoms with Crippen LogP contribution in [0.1, 0.15) is 27.9 Å². The molecule has 3 aliphatic rings. The summed E-state index contributed by atoms with van der Waals surface area (Å²) in [4.78, 5) is 46.5. The van der Waals surface area contributed by atoms with Crippen LogP contribution in [0.4, 0.5) is 10.5 Å². The lowest BCUT2D eigenvalue weighted by atomic mass is 10.1. The maximum absolute atomic E-state index is 13.6. The average molecular weight is 448 g/mol. The lowest BCUT2D eigenvalue weighted by Gasteiger charge is -2.43. The summed E-state index contributed by atoms with van der Waals surface area (Å²) in [6.45, 7) is 5.54. The van der Waals surface area contributed by atoms with Crippen molar-refractivity contribution < 1.29 is 14.4 Å². The zero-order valence-corrected chi connectivity index (χ0v) is 19.2. The van der Waals surface area contributed by atoms with Gasteiger partial charge in [0.25, 0.3) is 5.91 Å². The molecule has 3 fully saturated rings. The molecule has 3 heterocycles. The third-order valence-electron chi connectivity index (χ3n) is 7.09. The number of hydrogen-bond acceptors (Lipinski definition) is 6. The highest BCUT2D eigenvalue weighted by molar-refractivity contribution is 6.07. The molecular formula is C25H29N5O3. The number of likely N-dealkylation sites (N-methyl/N-ethyl adjacent to an activating group) is 1. The first kappa shape index (κ1) is 21.6. The van der Waals surface area contributed by atoms with E-state index in [9.17, 15) is 14.4 Å². The van der Waals surface area contributed by atoms with Crippen molar-refractivity contribution in [1.82, 2.24) is 20.0 Å². The zero-order valence-electron chi connectivity index (χ0n) is 19.2. The van der Waals surface area contributed by atoms with Gasteiger partial charge in [-0.1, -0.05) is 36.4 Å². The van der Waals surface area contributed by atoms with Crippen molar-refractivity contribution in [3.8, 4) is 0 Å². The molecule has 3 unspecified atom stereocenters. The third kappa shape index (κ3) is 3.59. The maximum atomic E-state index is 13.6. The minimum absolute atomic E-state index is 0.195. The number of nitrogens with one attached hydrogen (secondary N) is 1. The number of benzene rings is 2. The molecule has 0 radical (unpaired) electrons. The van der Waals surface area contributed by atoms with E-state index < -0.39 is 18.2 Å². The second-order valence-electron chi connectivity index (χ2n) is 9.09. The van der Waals surface area contributed by atoms with Crippen molar-refractivity contribution in [2.45, 2.75) is 38.8 Å². The van der Waals surface area contributed by atoms with E-state index in [-0.39, 0.29) is 24.5 Å². The van der Waals surface area contributed by atoms with Gasteiger partial charge in [-0.05, 0) is 43.5 Å². The molecule has 172 valence electrons. The Hall–Kier alpha value is -3.23. The fraction of sp³-hybridized carbons (Fsp3) is 0.400. The van der Waals surface area contributed by atoms with E-state index in [0.717, 1.165) is 30.1 Å². The van der Waals surface area contributed by atoms with Gasteiger partial charge < -0.3 is 9.80 Å². The smallest absolute Gasteiger partial charge is 0.328 e. The van der Waals surface area contributed by atoms with E-state index >= 15 is 0 Å². The first-order chi connectivity index (χ1) is 15.9. The molecule has 33 heavy (non-hydrogen) atoms. The molecule has 8 heteroatoms. The van der Waals surface area contributed by atoms with Gasteiger partial charge in [0.1, 0.15) is 18.5 Å². The van der Waals surface area contributed by atoms with Gasteiger partial charge in [0, 0.05) is 31.4 Å². The molecule has 5 rings (SSSR count). The van der Waals surface area contributed by atoms with Crippen LogP contribution >= 0.6 is 0 Å². The van der Waals surface area contributed by atoms with Crippen LogP contribution < -0.4 is 10.2 Å². The Morgan fingerprint density at radius 2 is 1.79 bits per heavy atom. The van der Waals surface area contributed by atoms with Crippen molar-refractivity contribution in [3.05, 3.63) is 65.2 Å². The molecule has 0 aromatic heterocycles. The molecule has 3 atom stereocenters. The maximum Gasteiger partial charge on any atom is 0.328 e. The van der Waals surface area contributed by atoms with Crippen LogP contribution in [0, 0.1) is 13.8 Å². The topological polar surface area (TPSA) is 76.2 Å². The average Bonchev–Trinajstić information content (AvgIpc) is 3.23. The van der Waals surface area contributed by atoms with Gasteiger partial charge in [0.2, 0.25) is 0 Å². The number of hydrogen-bond donors (Lipinski definition) is 1. The molecular weight excluding hydrogens is 418 g/mol. The first-order valence-corrected chi connectivity index (χ1v) is 11.4. The van der Waals surface area contributed by atoms with Gasteiger partial charge >= 0.3 is 6.03 Å². The molecule has 2 aromatic carbocycles. The van der Waals surface area contributed by atoms with Gasteiger partial charge in [0.15, 0.2) is 5.78 Å². The fourth-order valence-corrected chi connectivity index (χ4v) is 5.09. The summed E-state index contributed by atoms with van der Waals surface area (Å²) >= 11 is 0. The molecule has 0 saturated carbocycles. The fourth-order valence-electron chi connectivity index (χ4n) is 5.09. The number of amides is 3.